The number of aromatic amines is 1. The zero-order valence-corrected chi connectivity index (χ0v) is 14.2. The van der Waals surface area contributed by atoms with Gasteiger partial charge in [0.2, 0.25) is 0 Å². The van der Waals surface area contributed by atoms with Gasteiger partial charge in [0.25, 0.3) is 17.7 Å². The maximum Gasteiger partial charge on any atom is 0.261 e. The lowest BCUT2D eigenvalue weighted by Crippen LogP contribution is -2.36. The molecule has 3 amide bonds. The number of fused-ring (bicyclic) bond motifs is 2. The molecule has 0 aliphatic carbocycles. The second kappa shape index (κ2) is 5.58. The molecule has 6 nitrogen and oxygen atoms in total. The van der Waals surface area contributed by atoms with Gasteiger partial charge in [0.15, 0.2) is 0 Å². The first-order valence-corrected chi connectivity index (χ1v) is 8.43. The van der Waals surface area contributed by atoms with E-state index in [1.807, 2.05) is 12.3 Å². The summed E-state index contributed by atoms with van der Waals surface area (Å²) in [5.74, 6) is -0.724. The molecule has 128 valence electrons. The van der Waals surface area contributed by atoms with Gasteiger partial charge in [-0.1, -0.05) is 0 Å². The van der Waals surface area contributed by atoms with Crippen LogP contribution in [0.25, 0.3) is 0 Å². The van der Waals surface area contributed by atoms with Crippen LogP contribution in [0.4, 0.5) is 0 Å². The minimum Gasteiger partial charge on any atom is -0.365 e. The normalized spacial score (nSPS) is 16.4. The number of amides is 3. The van der Waals surface area contributed by atoms with Gasteiger partial charge < -0.3 is 9.88 Å². The van der Waals surface area contributed by atoms with Crippen LogP contribution in [0.3, 0.4) is 0 Å². The third-order valence-corrected chi connectivity index (χ3v) is 4.89. The standard InChI is InChI=1S/C19H19N3O3/c1-11(2)22-18(24)14-4-3-12(9-15(14)19(22)25)17(23)21-8-6-16-13(10-21)5-7-20-16/h3-5,7,9,11,20H,6,8,10H2,1-2H3. The van der Waals surface area contributed by atoms with Crippen LogP contribution >= 0.6 is 0 Å². The Morgan fingerprint density at radius 1 is 1.12 bits per heavy atom. The van der Waals surface area contributed by atoms with Crippen LogP contribution in [0.5, 0.6) is 0 Å². The van der Waals surface area contributed by atoms with Crippen LogP contribution in [0.15, 0.2) is 30.5 Å². The highest BCUT2D eigenvalue weighted by molar-refractivity contribution is 6.22. The number of nitrogens with one attached hydrogen (secondary N) is 1. The summed E-state index contributed by atoms with van der Waals surface area (Å²) in [6.45, 7) is 4.79. The molecule has 0 unspecified atom stereocenters. The summed E-state index contributed by atoms with van der Waals surface area (Å²) in [5, 5.41) is 0. The Hall–Kier alpha value is -2.89. The minimum atomic E-state index is -0.323. The molecule has 2 aromatic rings. The lowest BCUT2D eigenvalue weighted by molar-refractivity contribution is 0.0608. The van der Waals surface area contributed by atoms with Crippen molar-refractivity contribution in [1.82, 2.24) is 14.8 Å². The van der Waals surface area contributed by atoms with E-state index in [1.165, 1.54) is 10.6 Å². The molecule has 0 radical (unpaired) electrons. The van der Waals surface area contributed by atoms with E-state index in [0.29, 0.717) is 29.8 Å². The Morgan fingerprint density at radius 3 is 2.64 bits per heavy atom. The van der Waals surface area contributed by atoms with E-state index >= 15 is 0 Å². The number of aromatic nitrogens is 1. The van der Waals surface area contributed by atoms with Gasteiger partial charge in [-0.25, -0.2) is 0 Å². The number of H-pyrrole nitrogens is 1. The lowest BCUT2D eigenvalue weighted by Gasteiger charge is -2.27. The predicted molar refractivity (Wildman–Crippen MR) is 91.3 cm³/mol. The van der Waals surface area contributed by atoms with Gasteiger partial charge in [-0.2, -0.15) is 0 Å². The zero-order valence-electron chi connectivity index (χ0n) is 14.2. The Morgan fingerprint density at radius 2 is 1.88 bits per heavy atom. The van der Waals surface area contributed by atoms with Gasteiger partial charge >= 0.3 is 0 Å². The number of carbonyl (C=O) groups is 3. The van der Waals surface area contributed by atoms with Gasteiger partial charge in [-0.05, 0) is 43.7 Å². The first-order valence-electron chi connectivity index (χ1n) is 8.43. The van der Waals surface area contributed by atoms with E-state index in [1.54, 1.807) is 36.9 Å². The van der Waals surface area contributed by atoms with E-state index < -0.39 is 0 Å². The van der Waals surface area contributed by atoms with Crippen molar-refractivity contribution in [2.24, 2.45) is 0 Å². The van der Waals surface area contributed by atoms with Gasteiger partial charge in [0, 0.05) is 43.0 Å². The zero-order chi connectivity index (χ0) is 17.7. The molecular weight excluding hydrogens is 318 g/mol. The molecule has 1 N–H and O–H groups in total. The molecule has 2 aliphatic heterocycles. The van der Waals surface area contributed by atoms with Gasteiger partial charge in [0.05, 0.1) is 11.1 Å². The van der Waals surface area contributed by atoms with E-state index in [-0.39, 0.29) is 23.8 Å². The summed E-state index contributed by atoms with van der Waals surface area (Å²) in [6.07, 6.45) is 2.68. The number of nitrogens with zero attached hydrogens (tertiary/aromatic N) is 2. The molecule has 0 atom stereocenters. The molecule has 0 spiro atoms. The van der Waals surface area contributed by atoms with Crippen LogP contribution in [-0.2, 0) is 13.0 Å². The van der Waals surface area contributed by atoms with E-state index in [2.05, 4.69) is 4.98 Å². The molecule has 1 aromatic carbocycles. The number of carbonyl (C=O) groups excluding carboxylic acids is 3. The average Bonchev–Trinajstić information content (AvgIpc) is 3.16. The highest BCUT2D eigenvalue weighted by Gasteiger charge is 2.37. The van der Waals surface area contributed by atoms with Gasteiger partial charge in [-0.3, -0.25) is 19.3 Å². The maximum absolute atomic E-state index is 12.8. The van der Waals surface area contributed by atoms with Crippen molar-refractivity contribution >= 4 is 17.7 Å². The minimum absolute atomic E-state index is 0.113. The largest absolute Gasteiger partial charge is 0.365 e. The van der Waals surface area contributed by atoms with E-state index in [4.69, 9.17) is 0 Å². The molecule has 6 heteroatoms. The monoisotopic (exact) mass is 337 g/mol. The fourth-order valence-corrected chi connectivity index (χ4v) is 3.57. The second-order valence-electron chi connectivity index (χ2n) is 6.79. The number of benzene rings is 1. The molecule has 25 heavy (non-hydrogen) atoms. The number of rotatable bonds is 2. The van der Waals surface area contributed by atoms with Gasteiger partial charge in [-0.15, -0.1) is 0 Å². The predicted octanol–water partition coefficient (Wildman–Crippen LogP) is 2.22. The summed E-state index contributed by atoms with van der Waals surface area (Å²) >= 11 is 0. The smallest absolute Gasteiger partial charge is 0.261 e. The van der Waals surface area contributed by atoms with Crippen LogP contribution in [-0.4, -0.2) is 45.1 Å². The molecule has 3 heterocycles. The van der Waals surface area contributed by atoms with Gasteiger partial charge in [0.1, 0.15) is 0 Å². The third kappa shape index (κ3) is 2.36. The van der Waals surface area contributed by atoms with Crippen molar-refractivity contribution in [3.63, 3.8) is 0 Å². The molecule has 0 saturated heterocycles. The van der Waals surface area contributed by atoms with Crippen molar-refractivity contribution in [2.45, 2.75) is 32.9 Å². The Labute approximate surface area is 145 Å². The highest BCUT2D eigenvalue weighted by Crippen LogP contribution is 2.27. The molecule has 0 saturated carbocycles. The van der Waals surface area contributed by atoms with Crippen LogP contribution in [0.1, 0.15) is 56.2 Å². The van der Waals surface area contributed by atoms with Crippen molar-refractivity contribution in [1.29, 1.82) is 0 Å². The molecule has 4 rings (SSSR count). The Bertz CT molecular complexity index is 897. The molecular formula is C19H19N3O3. The summed E-state index contributed by atoms with van der Waals surface area (Å²) in [6, 6.07) is 6.58. The first-order chi connectivity index (χ1) is 12.0. The summed E-state index contributed by atoms with van der Waals surface area (Å²) in [7, 11) is 0. The van der Waals surface area contributed by atoms with Crippen molar-refractivity contribution in [3.8, 4) is 0 Å². The van der Waals surface area contributed by atoms with Crippen molar-refractivity contribution in [2.75, 3.05) is 6.54 Å². The molecule has 2 aliphatic rings. The fraction of sp³-hybridized carbons (Fsp3) is 0.316. The first kappa shape index (κ1) is 15.6. The Kier molecular flexibility index (Phi) is 3.49. The molecule has 0 fully saturated rings. The van der Waals surface area contributed by atoms with Crippen LogP contribution in [0, 0.1) is 0 Å². The van der Waals surface area contributed by atoms with Crippen LogP contribution < -0.4 is 0 Å². The number of imide groups is 1. The quantitative estimate of drug-likeness (QED) is 0.854. The summed E-state index contributed by atoms with van der Waals surface area (Å²) in [4.78, 5) is 43.9. The number of hydrogen-bond donors (Lipinski definition) is 1. The third-order valence-electron chi connectivity index (χ3n) is 4.89. The number of hydrogen-bond acceptors (Lipinski definition) is 3. The van der Waals surface area contributed by atoms with Crippen molar-refractivity contribution < 1.29 is 14.4 Å². The molecule has 1 aromatic heterocycles. The highest BCUT2D eigenvalue weighted by atomic mass is 16.2. The molecule has 0 bridgehead atoms. The lowest BCUT2D eigenvalue weighted by atomic mass is 10.0. The maximum atomic E-state index is 12.8. The van der Waals surface area contributed by atoms with E-state index in [9.17, 15) is 14.4 Å². The SMILES string of the molecule is CC(C)N1C(=O)c2ccc(C(=O)N3CCc4[nH]ccc4C3)cc2C1=O. The van der Waals surface area contributed by atoms with Crippen LogP contribution in [0.2, 0.25) is 0 Å². The summed E-state index contributed by atoms with van der Waals surface area (Å²) in [5.41, 5.74) is 3.44. The van der Waals surface area contributed by atoms with E-state index in [0.717, 1.165) is 12.0 Å². The Balaban J connectivity index is 1.63. The second-order valence-corrected chi connectivity index (χ2v) is 6.79. The fourth-order valence-electron chi connectivity index (χ4n) is 3.57. The average molecular weight is 337 g/mol. The summed E-state index contributed by atoms with van der Waals surface area (Å²) < 4.78 is 0. The van der Waals surface area contributed by atoms with Crippen molar-refractivity contribution in [3.05, 3.63) is 58.4 Å². The topological polar surface area (TPSA) is 73.5 Å².